The molecule has 29 heavy (non-hydrogen) atoms. The van der Waals surface area contributed by atoms with Gasteiger partial charge in [-0.3, -0.25) is 0 Å². The molecule has 3 rings (SSSR count). The molecule has 0 bridgehead atoms. The molecule has 2 aromatic carbocycles. The van der Waals surface area contributed by atoms with Gasteiger partial charge in [0.05, 0.1) is 5.75 Å². The Bertz CT molecular complexity index is 1040. The lowest BCUT2D eigenvalue weighted by Gasteiger charge is -2.03. The molecule has 5 N–H and O–H groups in total. The number of carboxylic acid groups (broad SMARTS) is 1. The third kappa shape index (κ3) is 5.93. The molecule has 152 valence electrons. The molecule has 0 amide bonds. The molecular formula is C19H15ClF2N2O3S2. The maximum atomic E-state index is 13.7. The van der Waals surface area contributed by atoms with Crippen LogP contribution in [0.2, 0.25) is 5.02 Å². The minimum absolute atomic E-state index is 0.0729. The molecule has 0 aliphatic heterocycles. The smallest absolute Gasteiger partial charge is 0.339 e. The van der Waals surface area contributed by atoms with E-state index in [1.807, 2.05) is 0 Å². The van der Waals surface area contributed by atoms with Crippen LogP contribution in [-0.4, -0.2) is 23.1 Å². The van der Waals surface area contributed by atoms with Crippen molar-refractivity contribution in [2.24, 2.45) is 0 Å². The van der Waals surface area contributed by atoms with Crippen LogP contribution in [-0.2, 0) is 4.79 Å². The van der Waals surface area contributed by atoms with Gasteiger partial charge in [-0.15, -0.1) is 23.1 Å². The Morgan fingerprint density at radius 1 is 1.17 bits per heavy atom. The molecule has 3 aromatic rings. The maximum Gasteiger partial charge on any atom is 0.339 e. The van der Waals surface area contributed by atoms with Gasteiger partial charge in [0.25, 0.3) is 0 Å². The zero-order valence-electron chi connectivity index (χ0n) is 14.7. The third-order valence-electron chi connectivity index (χ3n) is 3.54. The SMILES string of the molecule is Nc1ccc(F)cc1SCC=O.Nc1scc(-c2ccc(Cl)cc2F)c1C(=O)O. The minimum Gasteiger partial charge on any atom is -0.478 e. The Morgan fingerprint density at radius 2 is 1.90 bits per heavy atom. The van der Waals surface area contributed by atoms with Gasteiger partial charge >= 0.3 is 5.97 Å². The quantitative estimate of drug-likeness (QED) is 0.277. The summed E-state index contributed by atoms with van der Waals surface area (Å²) >= 11 is 7.93. The van der Waals surface area contributed by atoms with Crippen LogP contribution in [0.4, 0.5) is 19.5 Å². The summed E-state index contributed by atoms with van der Waals surface area (Å²) in [6.45, 7) is 0. The molecule has 1 heterocycles. The van der Waals surface area contributed by atoms with Gasteiger partial charge in [0.2, 0.25) is 0 Å². The second-order valence-corrected chi connectivity index (χ2v) is 7.89. The molecule has 0 spiro atoms. The Hall–Kier alpha value is -2.62. The van der Waals surface area contributed by atoms with E-state index in [4.69, 9.17) is 28.2 Å². The largest absolute Gasteiger partial charge is 0.478 e. The number of halogens is 3. The fraction of sp³-hybridized carbons (Fsp3) is 0.0526. The predicted molar refractivity (Wildman–Crippen MR) is 114 cm³/mol. The van der Waals surface area contributed by atoms with Crippen LogP contribution in [0, 0.1) is 11.6 Å². The van der Waals surface area contributed by atoms with E-state index in [-0.39, 0.29) is 32.5 Å². The molecule has 0 unspecified atom stereocenters. The van der Waals surface area contributed by atoms with Crippen molar-refractivity contribution in [1.82, 2.24) is 0 Å². The van der Waals surface area contributed by atoms with Crippen LogP contribution >= 0.6 is 34.7 Å². The van der Waals surface area contributed by atoms with Crippen molar-refractivity contribution >= 4 is 57.6 Å². The molecule has 0 atom stereocenters. The van der Waals surface area contributed by atoms with E-state index in [1.54, 1.807) is 0 Å². The molecule has 0 radical (unpaired) electrons. The van der Waals surface area contributed by atoms with Crippen LogP contribution in [0.25, 0.3) is 11.1 Å². The molecule has 0 fully saturated rings. The van der Waals surface area contributed by atoms with Crippen LogP contribution in [0.3, 0.4) is 0 Å². The summed E-state index contributed by atoms with van der Waals surface area (Å²) in [7, 11) is 0. The van der Waals surface area contributed by atoms with Crippen LogP contribution < -0.4 is 11.5 Å². The number of aldehydes is 1. The lowest BCUT2D eigenvalue weighted by atomic mass is 10.0. The Labute approximate surface area is 178 Å². The molecule has 0 aliphatic rings. The van der Waals surface area contributed by atoms with Gasteiger partial charge in [0, 0.05) is 32.1 Å². The number of hydrogen-bond donors (Lipinski definition) is 3. The summed E-state index contributed by atoms with van der Waals surface area (Å²) in [5, 5.41) is 10.9. The lowest BCUT2D eigenvalue weighted by molar-refractivity contribution is -0.105. The molecule has 0 saturated heterocycles. The fourth-order valence-electron chi connectivity index (χ4n) is 2.26. The second kappa shape index (κ2) is 10.2. The average molecular weight is 457 g/mol. The van der Waals surface area contributed by atoms with Crippen molar-refractivity contribution in [3.05, 3.63) is 64.0 Å². The predicted octanol–water partition coefficient (Wildman–Crippen LogP) is 5.19. The molecule has 0 saturated carbocycles. The van der Waals surface area contributed by atoms with Crippen molar-refractivity contribution in [3.63, 3.8) is 0 Å². The van der Waals surface area contributed by atoms with Crippen molar-refractivity contribution < 1.29 is 23.5 Å². The van der Waals surface area contributed by atoms with Crippen molar-refractivity contribution in [1.29, 1.82) is 0 Å². The highest BCUT2D eigenvalue weighted by atomic mass is 35.5. The number of aromatic carboxylic acids is 1. The molecule has 0 aliphatic carbocycles. The summed E-state index contributed by atoms with van der Waals surface area (Å²) in [5.41, 5.74) is 12.0. The van der Waals surface area contributed by atoms with Gasteiger partial charge < -0.3 is 21.4 Å². The topological polar surface area (TPSA) is 106 Å². The Kier molecular flexibility index (Phi) is 8.00. The standard InChI is InChI=1S/C11H7ClFNO2S.C8H8FNOS/c12-5-1-2-6(8(13)3-5)7-4-17-10(14)9(7)11(15)16;9-6-1-2-7(10)8(5-6)12-4-3-11/h1-4H,14H2,(H,15,16);1-3,5H,4,10H2. The number of rotatable bonds is 5. The van der Waals surface area contributed by atoms with Gasteiger partial charge in [-0.05, 0) is 36.4 Å². The van der Waals surface area contributed by atoms with Gasteiger partial charge in [-0.25, -0.2) is 13.6 Å². The highest BCUT2D eigenvalue weighted by Crippen LogP contribution is 2.35. The van der Waals surface area contributed by atoms with Crippen LogP contribution in [0.1, 0.15) is 10.4 Å². The first-order chi connectivity index (χ1) is 13.7. The molecule has 1 aromatic heterocycles. The van der Waals surface area contributed by atoms with Gasteiger partial charge in [0.1, 0.15) is 28.5 Å². The van der Waals surface area contributed by atoms with Crippen molar-refractivity contribution in [2.75, 3.05) is 17.2 Å². The van der Waals surface area contributed by atoms with E-state index in [1.165, 1.54) is 47.5 Å². The zero-order chi connectivity index (χ0) is 21.6. The fourth-order valence-corrected chi connectivity index (χ4v) is 3.90. The van der Waals surface area contributed by atoms with Crippen LogP contribution in [0.15, 0.2) is 46.7 Å². The van der Waals surface area contributed by atoms with E-state index in [2.05, 4.69) is 0 Å². The molecule has 5 nitrogen and oxygen atoms in total. The maximum absolute atomic E-state index is 13.7. The van der Waals surface area contributed by atoms with Crippen LogP contribution in [0.5, 0.6) is 0 Å². The Balaban J connectivity index is 0.000000221. The average Bonchev–Trinajstić information content (AvgIpc) is 3.04. The lowest BCUT2D eigenvalue weighted by Crippen LogP contribution is -2.01. The molecular weight excluding hydrogens is 442 g/mol. The summed E-state index contributed by atoms with van der Waals surface area (Å²) in [4.78, 5) is 21.7. The number of nitrogens with two attached hydrogens (primary N) is 2. The number of thioether (sulfide) groups is 1. The van der Waals surface area contributed by atoms with Gasteiger partial charge in [-0.1, -0.05) is 11.6 Å². The third-order valence-corrected chi connectivity index (χ3v) is 5.55. The van der Waals surface area contributed by atoms with Crippen molar-refractivity contribution in [3.8, 4) is 11.1 Å². The number of nitrogen functional groups attached to an aromatic ring is 2. The number of carbonyl (C=O) groups is 2. The number of thiophene rings is 1. The normalized spacial score (nSPS) is 10.2. The minimum atomic E-state index is -1.17. The number of anilines is 2. The summed E-state index contributed by atoms with van der Waals surface area (Å²) in [6.07, 6.45) is 0.759. The highest BCUT2D eigenvalue weighted by Gasteiger charge is 2.19. The zero-order valence-corrected chi connectivity index (χ0v) is 17.1. The molecule has 10 heteroatoms. The highest BCUT2D eigenvalue weighted by molar-refractivity contribution is 8.00. The van der Waals surface area contributed by atoms with E-state index in [0.29, 0.717) is 16.3 Å². The number of hydrogen-bond acceptors (Lipinski definition) is 6. The van der Waals surface area contributed by atoms with Crippen molar-refractivity contribution in [2.45, 2.75) is 4.90 Å². The second-order valence-electron chi connectivity index (χ2n) is 5.48. The summed E-state index contributed by atoms with van der Waals surface area (Å²) in [5.74, 6) is -1.78. The number of benzene rings is 2. The first kappa shape index (κ1) is 22.7. The first-order valence-electron chi connectivity index (χ1n) is 7.91. The van der Waals surface area contributed by atoms with E-state index < -0.39 is 11.8 Å². The monoisotopic (exact) mass is 456 g/mol. The van der Waals surface area contributed by atoms with E-state index in [0.717, 1.165) is 23.7 Å². The number of carbonyl (C=O) groups excluding carboxylic acids is 1. The summed E-state index contributed by atoms with van der Waals surface area (Å²) in [6, 6.07) is 8.17. The van der Waals surface area contributed by atoms with E-state index >= 15 is 0 Å². The first-order valence-corrected chi connectivity index (χ1v) is 10.2. The number of carboxylic acids is 1. The van der Waals surface area contributed by atoms with Gasteiger partial charge in [0.15, 0.2) is 0 Å². The Morgan fingerprint density at radius 3 is 2.52 bits per heavy atom. The summed E-state index contributed by atoms with van der Waals surface area (Å²) < 4.78 is 26.3. The van der Waals surface area contributed by atoms with Gasteiger partial charge in [-0.2, -0.15) is 0 Å². The van der Waals surface area contributed by atoms with E-state index in [9.17, 15) is 18.4 Å².